The number of urea groups is 1. The molecule has 2 amide bonds. The summed E-state index contributed by atoms with van der Waals surface area (Å²) in [5.41, 5.74) is 1.23. The zero-order valence-electron chi connectivity index (χ0n) is 22.3. The van der Waals surface area contributed by atoms with Crippen LogP contribution in [0.25, 0.3) is 0 Å². The van der Waals surface area contributed by atoms with Gasteiger partial charge >= 0.3 is 140 Å². The molecule has 202 valence electrons. The number of amides is 2. The first kappa shape index (κ1) is 31.7. The van der Waals surface area contributed by atoms with Crippen molar-refractivity contribution in [2.45, 2.75) is 65.6 Å². The van der Waals surface area contributed by atoms with Crippen LogP contribution in [0.1, 0.15) is 37.7 Å². The van der Waals surface area contributed by atoms with Gasteiger partial charge < -0.3 is 19.5 Å². The van der Waals surface area contributed by atoms with Gasteiger partial charge in [-0.15, -0.1) is 0 Å². The van der Waals surface area contributed by atoms with Crippen molar-refractivity contribution in [2.24, 2.45) is 0 Å². The van der Waals surface area contributed by atoms with Gasteiger partial charge in [0, 0.05) is 6.42 Å². The van der Waals surface area contributed by atoms with E-state index in [2.05, 4.69) is 64.5 Å². The smallest absolute Gasteiger partial charge is 0.467 e. The summed E-state index contributed by atoms with van der Waals surface area (Å²) in [6, 6.07) is 6.17. The molecule has 0 spiro atoms. The van der Waals surface area contributed by atoms with Crippen LogP contribution in [0.4, 0.5) is 4.79 Å². The molecule has 1 rings (SSSR count). The molecule has 0 aliphatic carbocycles. The van der Waals surface area contributed by atoms with E-state index in [0.717, 1.165) is 19.5 Å². The minimum atomic E-state index is -2.03. The first-order chi connectivity index (χ1) is 17.0. The standard InChI is InChI=1S/C22H32N3O7.3CH3.Sn/c1-30-19(26)13-12-18(21(28)32-3)25-22(29)24-17(20(27)31-2)11-7-8-14-23-15-16-9-5-4-6-10-16;;;;/h5-6,9-10,17-18,23H,7-8,11-15H2,1-3H3,(H2,24,25,29);3*1H3;/t17-,18-;;;;/m0..../s1. The van der Waals surface area contributed by atoms with Crippen molar-refractivity contribution in [3.05, 3.63) is 29.8 Å². The Bertz CT molecular complexity index is 856. The quantitative estimate of drug-likeness (QED) is 0.118. The Morgan fingerprint density at radius 1 is 0.806 bits per heavy atom. The first-order valence-electron chi connectivity index (χ1n) is 12.1. The van der Waals surface area contributed by atoms with Crippen molar-refractivity contribution in [2.75, 3.05) is 27.9 Å². The maximum atomic E-state index is 12.4. The van der Waals surface area contributed by atoms with Crippen LogP contribution in [0.15, 0.2) is 24.3 Å². The van der Waals surface area contributed by atoms with E-state index in [1.807, 2.05) is 0 Å². The summed E-state index contributed by atoms with van der Waals surface area (Å²) < 4.78 is 15.5. The number of esters is 3. The van der Waals surface area contributed by atoms with E-state index in [-0.39, 0.29) is 12.8 Å². The molecule has 0 heterocycles. The second kappa shape index (κ2) is 16.4. The summed E-state index contributed by atoms with van der Waals surface area (Å²) in [7, 11) is 3.67. The number of benzene rings is 1. The maximum absolute atomic E-state index is 12.4. The Labute approximate surface area is 218 Å². The molecule has 10 nitrogen and oxygen atoms in total. The molecule has 36 heavy (non-hydrogen) atoms. The molecule has 2 atom stereocenters. The molecule has 0 radical (unpaired) electrons. The van der Waals surface area contributed by atoms with Crippen LogP contribution in [-0.4, -0.2) is 82.3 Å². The first-order valence-corrected chi connectivity index (χ1v) is 22.1. The molecule has 0 saturated carbocycles. The molecule has 0 aliphatic rings. The monoisotopic (exact) mass is 615 g/mol. The van der Waals surface area contributed by atoms with Crippen molar-refractivity contribution in [3.8, 4) is 0 Å². The molecule has 0 bridgehead atoms. The van der Waals surface area contributed by atoms with Gasteiger partial charge in [-0.05, 0) is 6.42 Å². The average Bonchev–Trinajstić information content (AvgIpc) is 2.86. The molecule has 3 N–H and O–H groups in total. The predicted octanol–water partition coefficient (Wildman–Crippen LogP) is 1.83. The minimum absolute atomic E-state index is 0.00316. The fourth-order valence-corrected chi connectivity index (χ4v) is 6.79. The fourth-order valence-electron chi connectivity index (χ4n) is 3.46. The van der Waals surface area contributed by atoms with E-state index in [9.17, 15) is 19.2 Å². The predicted molar refractivity (Wildman–Crippen MR) is 140 cm³/mol. The minimum Gasteiger partial charge on any atom is -0.467 e. The van der Waals surface area contributed by atoms with Crippen LogP contribution >= 0.6 is 0 Å². The molecule has 1 aromatic carbocycles. The van der Waals surface area contributed by atoms with E-state index in [1.54, 1.807) is 0 Å². The molecule has 0 aromatic heterocycles. The number of rotatable bonds is 15. The van der Waals surface area contributed by atoms with Gasteiger partial charge in [0.2, 0.25) is 0 Å². The van der Waals surface area contributed by atoms with Crippen molar-refractivity contribution >= 4 is 45.9 Å². The second-order valence-electron chi connectivity index (χ2n) is 9.50. The zero-order chi connectivity index (χ0) is 27.1. The van der Waals surface area contributed by atoms with Gasteiger partial charge in [0.1, 0.15) is 6.04 Å². The third-order valence-corrected chi connectivity index (χ3v) is 11.6. The number of hydrogen-bond donors (Lipinski definition) is 3. The van der Waals surface area contributed by atoms with Gasteiger partial charge in [0.05, 0.1) is 21.3 Å². The van der Waals surface area contributed by atoms with Gasteiger partial charge in [-0.3, -0.25) is 4.79 Å². The van der Waals surface area contributed by atoms with Gasteiger partial charge in [-0.25, -0.2) is 14.4 Å². The molecule has 0 fully saturated rings. The molecule has 1 aromatic rings. The van der Waals surface area contributed by atoms with Crippen LogP contribution in [0.5, 0.6) is 0 Å². The van der Waals surface area contributed by atoms with Crippen molar-refractivity contribution in [1.82, 2.24) is 16.0 Å². The number of methoxy groups -OCH3 is 3. The third-order valence-electron chi connectivity index (χ3n) is 5.69. The summed E-state index contributed by atoms with van der Waals surface area (Å²) in [4.78, 5) is 55.1. The van der Waals surface area contributed by atoms with Crippen LogP contribution in [-0.2, 0) is 35.1 Å². The van der Waals surface area contributed by atoms with E-state index in [0.29, 0.717) is 12.8 Å². The number of unbranched alkanes of at least 4 members (excludes halogenated alkanes) is 1. The summed E-state index contributed by atoms with van der Waals surface area (Å²) >= 11 is -2.03. The zero-order valence-corrected chi connectivity index (χ0v) is 25.1. The second-order valence-corrected chi connectivity index (χ2v) is 24.0. The Morgan fingerprint density at radius 2 is 1.36 bits per heavy atom. The van der Waals surface area contributed by atoms with Crippen LogP contribution in [0.2, 0.25) is 14.8 Å². The summed E-state index contributed by atoms with van der Waals surface area (Å²) in [5, 5.41) is 8.40. The summed E-state index contributed by atoms with van der Waals surface area (Å²) in [6.07, 6.45) is 1.78. The number of carbonyl (C=O) groups excluding carboxylic acids is 4. The van der Waals surface area contributed by atoms with E-state index >= 15 is 0 Å². The van der Waals surface area contributed by atoms with Gasteiger partial charge in [0.25, 0.3) is 0 Å². The van der Waals surface area contributed by atoms with Crippen molar-refractivity contribution in [3.63, 3.8) is 0 Å². The number of hydrogen-bond acceptors (Lipinski definition) is 8. The van der Waals surface area contributed by atoms with Crippen LogP contribution in [0, 0.1) is 0 Å². The van der Waals surface area contributed by atoms with Gasteiger partial charge in [-0.2, -0.15) is 0 Å². The molecule has 11 heteroatoms. The van der Waals surface area contributed by atoms with E-state index in [4.69, 9.17) is 4.74 Å². The van der Waals surface area contributed by atoms with Gasteiger partial charge in [0.15, 0.2) is 0 Å². The SMILES string of the molecule is COC(=O)CC[C@H](NC(=O)N[C@@H](CCCCNCc1cc[c]([Sn]([CH3])([CH3])[CH3])cc1)C(=O)OC)C(=O)OC. The van der Waals surface area contributed by atoms with Crippen molar-refractivity contribution in [1.29, 1.82) is 0 Å². The Morgan fingerprint density at radius 3 is 1.86 bits per heavy atom. The normalized spacial score (nSPS) is 12.7. The molecular weight excluding hydrogens is 573 g/mol. The average molecular weight is 614 g/mol. The number of nitrogens with one attached hydrogen (secondary N) is 3. The molecule has 0 saturated heterocycles. The topological polar surface area (TPSA) is 132 Å². The molecule has 0 aliphatic heterocycles. The fraction of sp³-hybridized carbons (Fsp3) is 0.600. The van der Waals surface area contributed by atoms with E-state index in [1.165, 1.54) is 30.5 Å². The van der Waals surface area contributed by atoms with E-state index < -0.39 is 54.4 Å². The Balaban J connectivity index is 2.48. The number of carbonyl (C=O) groups is 4. The molecular formula is C25H41N3O7Sn. The number of ether oxygens (including phenoxy) is 3. The van der Waals surface area contributed by atoms with Crippen LogP contribution in [0.3, 0.4) is 0 Å². The Kier molecular flexibility index (Phi) is 14.4. The van der Waals surface area contributed by atoms with Crippen molar-refractivity contribution < 1.29 is 33.4 Å². The molecule has 0 unspecified atom stereocenters. The van der Waals surface area contributed by atoms with Crippen LogP contribution < -0.4 is 19.5 Å². The van der Waals surface area contributed by atoms with Gasteiger partial charge in [-0.1, -0.05) is 0 Å². The summed E-state index contributed by atoms with van der Waals surface area (Å²) in [6.45, 7) is 1.53. The summed E-state index contributed by atoms with van der Waals surface area (Å²) in [5.74, 6) is -1.80. The third kappa shape index (κ3) is 12.1. The Hall–Kier alpha value is -2.34.